The number of halogens is 1. The minimum absolute atomic E-state index is 0.207. The van der Waals surface area contributed by atoms with E-state index >= 15 is 0 Å². The van der Waals surface area contributed by atoms with Crippen LogP contribution in [0.5, 0.6) is 0 Å². The van der Waals surface area contributed by atoms with Gasteiger partial charge in [0.2, 0.25) is 0 Å². The minimum atomic E-state index is -1.66. The molecule has 0 aliphatic heterocycles. The predicted molar refractivity (Wildman–Crippen MR) is 37.3 cm³/mol. The highest BCUT2D eigenvalue weighted by Crippen LogP contribution is 2.05. The highest BCUT2D eigenvalue weighted by molar-refractivity contribution is 4.44. The first-order chi connectivity index (χ1) is 4.77. The Hall–Kier alpha value is -0.150. The summed E-state index contributed by atoms with van der Waals surface area (Å²) in [5, 5.41) is 16.5. The van der Waals surface area contributed by atoms with Gasteiger partial charge in [0, 0.05) is 13.0 Å². The van der Waals surface area contributed by atoms with Crippen molar-refractivity contribution in [1.29, 1.82) is 0 Å². The van der Waals surface area contributed by atoms with Crippen LogP contribution < -0.4 is 0 Å². The van der Waals surface area contributed by atoms with Crippen LogP contribution >= 0.6 is 0 Å². The van der Waals surface area contributed by atoms with Crippen LogP contribution in [-0.4, -0.2) is 23.2 Å². The summed E-state index contributed by atoms with van der Waals surface area (Å²) in [6, 6.07) is 0. The van der Waals surface area contributed by atoms with E-state index in [2.05, 4.69) is 0 Å². The topological polar surface area (TPSA) is 40.5 Å². The van der Waals surface area contributed by atoms with Crippen molar-refractivity contribution in [3.8, 4) is 0 Å². The zero-order valence-corrected chi connectivity index (χ0v) is 6.09. The number of aliphatic hydroxyl groups is 2. The van der Waals surface area contributed by atoms with Crippen LogP contribution in [0.2, 0.25) is 0 Å². The molecule has 0 aromatic rings. The van der Waals surface area contributed by atoms with Crippen LogP contribution in [0.25, 0.3) is 0 Å². The zero-order chi connectivity index (χ0) is 7.82. The molecule has 0 radical (unpaired) electrons. The van der Waals surface area contributed by atoms with Gasteiger partial charge in [-0.15, -0.1) is 0 Å². The first-order valence-electron chi connectivity index (χ1n) is 3.70. The highest BCUT2D eigenvalue weighted by Gasteiger charge is 1.97. The van der Waals surface area contributed by atoms with E-state index in [-0.39, 0.29) is 13.0 Å². The van der Waals surface area contributed by atoms with Crippen LogP contribution in [0.3, 0.4) is 0 Å². The molecule has 0 saturated heterocycles. The average Bonchev–Trinajstić information content (AvgIpc) is 1.87. The van der Waals surface area contributed by atoms with Crippen LogP contribution in [0.15, 0.2) is 0 Å². The van der Waals surface area contributed by atoms with E-state index in [1.807, 2.05) is 0 Å². The van der Waals surface area contributed by atoms with E-state index in [0.717, 1.165) is 19.3 Å². The van der Waals surface area contributed by atoms with Crippen LogP contribution in [0.4, 0.5) is 4.39 Å². The van der Waals surface area contributed by atoms with Gasteiger partial charge in [0.25, 0.3) is 0 Å². The van der Waals surface area contributed by atoms with Gasteiger partial charge in [-0.05, 0) is 12.8 Å². The van der Waals surface area contributed by atoms with Gasteiger partial charge in [0.05, 0.1) is 0 Å². The Morgan fingerprint density at radius 2 is 1.70 bits per heavy atom. The summed E-state index contributed by atoms with van der Waals surface area (Å²) in [4.78, 5) is 0. The Balaban J connectivity index is 2.77. The van der Waals surface area contributed by atoms with Crippen LogP contribution in [0.1, 0.15) is 32.1 Å². The van der Waals surface area contributed by atoms with Gasteiger partial charge in [-0.3, -0.25) is 0 Å². The molecule has 0 aliphatic rings. The van der Waals surface area contributed by atoms with Crippen molar-refractivity contribution in [1.82, 2.24) is 0 Å². The molecule has 10 heavy (non-hydrogen) atoms. The second kappa shape index (κ2) is 6.96. The van der Waals surface area contributed by atoms with Gasteiger partial charge < -0.3 is 10.2 Å². The second-order valence-electron chi connectivity index (χ2n) is 2.36. The summed E-state index contributed by atoms with van der Waals surface area (Å²) in [6.45, 7) is 0.207. The lowest BCUT2D eigenvalue weighted by Crippen LogP contribution is -1.96. The SMILES string of the molecule is OCCCCCCC(O)F. The third kappa shape index (κ3) is 7.85. The summed E-state index contributed by atoms with van der Waals surface area (Å²) in [6.07, 6.45) is 1.87. The lowest BCUT2D eigenvalue weighted by atomic mass is 10.1. The Kier molecular flexibility index (Phi) is 6.86. The maximum Gasteiger partial charge on any atom is 0.196 e. The molecule has 62 valence electrons. The molecule has 2 nitrogen and oxygen atoms in total. The Morgan fingerprint density at radius 1 is 1.10 bits per heavy atom. The van der Waals surface area contributed by atoms with Crippen molar-refractivity contribution in [2.24, 2.45) is 0 Å². The number of rotatable bonds is 6. The summed E-state index contributed by atoms with van der Waals surface area (Å²) in [5.41, 5.74) is 0. The second-order valence-corrected chi connectivity index (χ2v) is 2.36. The maximum atomic E-state index is 11.7. The molecule has 2 N–H and O–H groups in total. The third-order valence-corrected chi connectivity index (χ3v) is 1.35. The first-order valence-corrected chi connectivity index (χ1v) is 3.70. The quantitative estimate of drug-likeness (QED) is 0.559. The minimum Gasteiger partial charge on any atom is -0.396 e. The number of aliphatic hydroxyl groups excluding tert-OH is 2. The molecular formula is C7H15FO2. The largest absolute Gasteiger partial charge is 0.396 e. The van der Waals surface area contributed by atoms with E-state index in [1.54, 1.807) is 0 Å². The molecule has 0 aromatic heterocycles. The van der Waals surface area contributed by atoms with E-state index in [0.29, 0.717) is 6.42 Å². The fraction of sp³-hybridized carbons (Fsp3) is 1.00. The molecular weight excluding hydrogens is 135 g/mol. The van der Waals surface area contributed by atoms with Crippen molar-refractivity contribution in [3.63, 3.8) is 0 Å². The van der Waals surface area contributed by atoms with Crippen molar-refractivity contribution < 1.29 is 14.6 Å². The van der Waals surface area contributed by atoms with Crippen LogP contribution in [0, 0.1) is 0 Å². The average molecular weight is 150 g/mol. The molecule has 0 aliphatic carbocycles. The fourth-order valence-corrected chi connectivity index (χ4v) is 0.778. The Bertz CT molecular complexity index is 66.6. The van der Waals surface area contributed by atoms with Gasteiger partial charge in [-0.2, -0.15) is 0 Å². The zero-order valence-electron chi connectivity index (χ0n) is 6.09. The molecule has 0 saturated carbocycles. The number of hydrogen-bond acceptors (Lipinski definition) is 2. The lowest BCUT2D eigenvalue weighted by molar-refractivity contribution is 0.0322. The summed E-state index contributed by atoms with van der Waals surface area (Å²) >= 11 is 0. The smallest absolute Gasteiger partial charge is 0.196 e. The molecule has 0 heterocycles. The van der Waals surface area contributed by atoms with Crippen molar-refractivity contribution in [3.05, 3.63) is 0 Å². The molecule has 1 atom stereocenters. The molecule has 0 rings (SSSR count). The first kappa shape index (κ1) is 9.85. The Labute approximate surface area is 60.7 Å². The molecule has 0 fully saturated rings. The molecule has 0 amide bonds. The summed E-state index contributed by atoms with van der Waals surface area (Å²) in [5.74, 6) is 0. The number of hydrogen-bond donors (Lipinski definition) is 2. The Morgan fingerprint density at radius 3 is 2.20 bits per heavy atom. The van der Waals surface area contributed by atoms with E-state index in [1.165, 1.54) is 0 Å². The maximum absolute atomic E-state index is 11.7. The van der Waals surface area contributed by atoms with Gasteiger partial charge in [-0.1, -0.05) is 12.8 Å². The summed E-state index contributed by atoms with van der Waals surface area (Å²) in [7, 11) is 0. The van der Waals surface area contributed by atoms with Crippen LogP contribution in [-0.2, 0) is 0 Å². The van der Waals surface area contributed by atoms with Gasteiger partial charge >= 0.3 is 0 Å². The fourth-order valence-electron chi connectivity index (χ4n) is 0.778. The highest BCUT2D eigenvalue weighted by atomic mass is 19.1. The normalized spacial score (nSPS) is 13.5. The molecule has 0 spiro atoms. The monoisotopic (exact) mass is 150 g/mol. The third-order valence-electron chi connectivity index (χ3n) is 1.35. The van der Waals surface area contributed by atoms with Crippen molar-refractivity contribution in [2.75, 3.05) is 6.61 Å². The molecule has 0 aromatic carbocycles. The number of alkyl halides is 1. The molecule has 3 heteroatoms. The van der Waals surface area contributed by atoms with E-state index < -0.39 is 6.36 Å². The molecule has 0 bridgehead atoms. The lowest BCUT2D eigenvalue weighted by Gasteiger charge is -1.99. The van der Waals surface area contributed by atoms with E-state index in [4.69, 9.17) is 10.2 Å². The molecule has 1 unspecified atom stereocenters. The number of unbranched alkanes of at least 4 members (excludes halogenated alkanes) is 3. The van der Waals surface area contributed by atoms with Gasteiger partial charge in [0.15, 0.2) is 6.36 Å². The van der Waals surface area contributed by atoms with Gasteiger partial charge in [-0.25, -0.2) is 4.39 Å². The standard InChI is InChI=1S/C7H15FO2/c8-7(10)5-3-1-2-4-6-9/h7,9-10H,1-6H2. The van der Waals surface area contributed by atoms with Crippen molar-refractivity contribution in [2.45, 2.75) is 38.5 Å². The van der Waals surface area contributed by atoms with Gasteiger partial charge in [0.1, 0.15) is 0 Å². The predicted octanol–water partition coefficient (Wildman–Crippen LogP) is 1.22. The van der Waals surface area contributed by atoms with E-state index in [9.17, 15) is 4.39 Å². The van der Waals surface area contributed by atoms with Crippen molar-refractivity contribution >= 4 is 0 Å². The summed E-state index contributed by atoms with van der Waals surface area (Å²) < 4.78 is 11.7.